The van der Waals surface area contributed by atoms with E-state index in [0.717, 1.165) is 5.56 Å². The molecule has 0 unspecified atom stereocenters. The summed E-state index contributed by atoms with van der Waals surface area (Å²) in [6.07, 6.45) is 5.08. The first-order valence-electron chi connectivity index (χ1n) is 5.28. The van der Waals surface area contributed by atoms with Crippen molar-refractivity contribution >= 4 is 6.29 Å². The smallest absolute Gasteiger partial charge is 0.157 e. The van der Waals surface area contributed by atoms with E-state index in [0.29, 0.717) is 30.4 Å². The molecule has 0 aromatic heterocycles. The van der Waals surface area contributed by atoms with Crippen molar-refractivity contribution in [3.8, 4) is 11.5 Å². The molecule has 0 heterocycles. The van der Waals surface area contributed by atoms with Crippen LogP contribution in [0.3, 0.4) is 0 Å². The second kappa shape index (κ2) is 5.89. The first-order valence-corrected chi connectivity index (χ1v) is 5.28. The monoisotopic (exact) mass is 232 g/mol. The third-order valence-corrected chi connectivity index (χ3v) is 2.49. The fraction of sp³-hybridized carbons (Fsp3) is 0.214. The van der Waals surface area contributed by atoms with Crippen LogP contribution < -0.4 is 4.74 Å². The van der Waals surface area contributed by atoms with Gasteiger partial charge in [-0.25, -0.2) is 0 Å². The Balaban J connectivity index is 3.47. The SMILES string of the molecule is C=CCc1cc(CC=C)c(OC)c(C=O)c1O. The molecule has 0 saturated carbocycles. The molecule has 0 aliphatic heterocycles. The molecule has 90 valence electrons. The van der Waals surface area contributed by atoms with Gasteiger partial charge < -0.3 is 9.84 Å². The van der Waals surface area contributed by atoms with E-state index in [-0.39, 0.29) is 11.3 Å². The Morgan fingerprint density at radius 1 is 1.29 bits per heavy atom. The topological polar surface area (TPSA) is 46.5 Å². The average molecular weight is 232 g/mol. The Bertz CT molecular complexity index is 447. The molecule has 0 aliphatic rings. The highest BCUT2D eigenvalue weighted by Gasteiger charge is 2.16. The van der Waals surface area contributed by atoms with E-state index < -0.39 is 0 Å². The van der Waals surface area contributed by atoms with Crippen LogP contribution in [0.1, 0.15) is 21.5 Å². The van der Waals surface area contributed by atoms with Crippen LogP contribution in [0.5, 0.6) is 11.5 Å². The fourth-order valence-corrected chi connectivity index (χ4v) is 1.77. The Hall–Kier alpha value is -2.03. The molecule has 1 rings (SSSR count). The molecule has 3 nitrogen and oxygen atoms in total. The lowest BCUT2D eigenvalue weighted by atomic mass is 9.99. The van der Waals surface area contributed by atoms with Crippen LogP contribution in [0.4, 0.5) is 0 Å². The van der Waals surface area contributed by atoms with Crippen molar-refractivity contribution in [1.82, 2.24) is 0 Å². The molecule has 0 aliphatic carbocycles. The standard InChI is InChI=1S/C14H16O3/c1-4-6-10-8-11(7-5-2)14(17-3)12(9-15)13(10)16/h4-5,8-9,16H,1-2,6-7H2,3H3. The molecule has 0 saturated heterocycles. The van der Waals surface area contributed by atoms with Crippen LogP contribution >= 0.6 is 0 Å². The van der Waals surface area contributed by atoms with Crippen molar-refractivity contribution in [2.75, 3.05) is 7.11 Å². The highest BCUT2D eigenvalue weighted by molar-refractivity contribution is 5.85. The second-order valence-corrected chi connectivity index (χ2v) is 3.59. The predicted octanol–water partition coefficient (Wildman–Crippen LogP) is 2.67. The molecule has 0 spiro atoms. The van der Waals surface area contributed by atoms with Gasteiger partial charge in [-0.15, -0.1) is 13.2 Å². The number of phenols is 1. The summed E-state index contributed by atoms with van der Waals surface area (Å²) in [6.45, 7) is 7.28. The molecule has 1 aromatic rings. The van der Waals surface area contributed by atoms with Crippen LogP contribution in [0, 0.1) is 0 Å². The van der Waals surface area contributed by atoms with Crippen molar-refractivity contribution in [3.05, 3.63) is 48.1 Å². The summed E-state index contributed by atoms with van der Waals surface area (Å²) in [5, 5.41) is 9.94. The number of hydrogen-bond acceptors (Lipinski definition) is 3. The average Bonchev–Trinajstić information content (AvgIpc) is 2.33. The molecule has 0 fully saturated rings. The molecule has 1 N–H and O–H groups in total. The number of hydrogen-bond donors (Lipinski definition) is 1. The number of benzene rings is 1. The lowest BCUT2D eigenvalue weighted by Crippen LogP contribution is -2.00. The number of rotatable bonds is 6. The highest BCUT2D eigenvalue weighted by Crippen LogP contribution is 2.34. The van der Waals surface area contributed by atoms with Gasteiger partial charge in [-0.2, -0.15) is 0 Å². The normalized spacial score (nSPS) is 9.71. The molecule has 0 bridgehead atoms. The number of aromatic hydroxyl groups is 1. The predicted molar refractivity (Wildman–Crippen MR) is 67.8 cm³/mol. The van der Waals surface area contributed by atoms with Crippen LogP contribution in [0.15, 0.2) is 31.4 Å². The fourth-order valence-electron chi connectivity index (χ4n) is 1.77. The van der Waals surface area contributed by atoms with E-state index in [9.17, 15) is 9.90 Å². The van der Waals surface area contributed by atoms with E-state index in [1.165, 1.54) is 7.11 Å². The molecule has 0 radical (unpaired) electrons. The Kier molecular flexibility index (Phi) is 4.52. The summed E-state index contributed by atoms with van der Waals surface area (Å²) in [4.78, 5) is 11.0. The van der Waals surface area contributed by atoms with E-state index in [4.69, 9.17) is 4.74 Å². The first kappa shape index (κ1) is 13.0. The van der Waals surface area contributed by atoms with Gasteiger partial charge >= 0.3 is 0 Å². The number of carbonyl (C=O) groups is 1. The molecule has 1 aromatic carbocycles. The maximum atomic E-state index is 11.0. The number of aldehydes is 1. The lowest BCUT2D eigenvalue weighted by molar-refractivity contribution is 0.111. The Morgan fingerprint density at radius 2 is 1.88 bits per heavy atom. The van der Waals surface area contributed by atoms with Crippen molar-refractivity contribution in [1.29, 1.82) is 0 Å². The van der Waals surface area contributed by atoms with Crippen LogP contribution in [0.2, 0.25) is 0 Å². The molecular weight excluding hydrogens is 216 g/mol. The molecular formula is C14H16O3. The summed E-state index contributed by atoms with van der Waals surface area (Å²) in [7, 11) is 1.47. The second-order valence-electron chi connectivity index (χ2n) is 3.59. The van der Waals surface area contributed by atoms with Crippen LogP contribution in [0.25, 0.3) is 0 Å². The van der Waals surface area contributed by atoms with Gasteiger partial charge in [0.2, 0.25) is 0 Å². The van der Waals surface area contributed by atoms with Crippen molar-refractivity contribution in [3.63, 3.8) is 0 Å². The van der Waals surface area contributed by atoms with E-state index in [1.54, 1.807) is 12.2 Å². The largest absolute Gasteiger partial charge is 0.507 e. The zero-order chi connectivity index (χ0) is 12.8. The van der Waals surface area contributed by atoms with Gasteiger partial charge in [0.15, 0.2) is 6.29 Å². The maximum absolute atomic E-state index is 11.0. The summed E-state index contributed by atoms with van der Waals surface area (Å²) in [5.74, 6) is 0.370. The number of carbonyl (C=O) groups excluding carboxylic acids is 1. The van der Waals surface area contributed by atoms with Gasteiger partial charge in [0.05, 0.1) is 12.7 Å². The van der Waals surface area contributed by atoms with Crippen LogP contribution in [-0.2, 0) is 12.8 Å². The van der Waals surface area contributed by atoms with E-state index in [1.807, 2.05) is 6.07 Å². The number of allylic oxidation sites excluding steroid dienone is 2. The van der Waals surface area contributed by atoms with Crippen molar-refractivity contribution in [2.24, 2.45) is 0 Å². The minimum atomic E-state index is -0.0374. The number of phenolic OH excluding ortho intramolecular Hbond substituents is 1. The van der Waals surface area contributed by atoms with Gasteiger partial charge in [0.25, 0.3) is 0 Å². The third-order valence-electron chi connectivity index (χ3n) is 2.49. The van der Waals surface area contributed by atoms with E-state index >= 15 is 0 Å². The molecule has 0 amide bonds. The summed E-state index contributed by atoms with van der Waals surface area (Å²) in [6, 6.07) is 1.81. The lowest BCUT2D eigenvalue weighted by Gasteiger charge is -2.14. The first-order chi connectivity index (χ1) is 8.19. The van der Waals surface area contributed by atoms with Crippen LogP contribution in [-0.4, -0.2) is 18.5 Å². The Labute approximate surface area is 101 Å². The maximum Gasteiger partial charge on any atom is 0.157 e. The van der Waals surface area contributed by atoms with Gasteiger partial charge in [0.1, 0.15) is 11.5 Å². The van der Waals surface area contributed by atoms with Crippen molar-refractivity contribution in [2.45, 2.75) is 12.8 Å². The Morgan fingerprint density at radius 3 is 2.35 bits per heavy atom. The van der Waals surface area contributed by atoms with Gasteiger partial charge in [-0.05, 0) is 30.0 Å². The molecule has 0 atom stereocenters. The van der Waals surface area contributed by atoms with Crippen molar-refractivity contribution < 1.29 is 14.6 Å². The summed E-state index contributed by atoms with van der Waals surface area (Å²) in [5.41, 5.74) is 1.68. The zero-order valence-corrected chi connectivity index (χ0v) is 9.90. The minimum Gasteiger partial charge on any atom is -0.507 e. The third kappa shape index (κ3) is 2.56. The van der Waals surface area contributed by atoms with E-state index in [2.05, 4.69) is 13.2 Å². The molecule has 17 heavy (non-hydrogen) atoms. The van der Waals surface area contributed by atoms with Gasteiger partial charge in [-0.3, -0.25) is 4.79 Å². The quantitative estimate of drug-likeness (QED) is 0.606. The minimum absolute atomic E-state index is 0.0374. The number of ether oxygens (including phenoxy) is 1. The molecule has 3 heteroatoms. The summed E-state index contributed by atoms with van der Waals surface area (Å²) < 4.78 is 5.17. The van der Waals surface area contributed by atoms with Gasteiger partial charge in [0, 0.05) is 0 Å². The van der Waals surface area contributed by atoms with Gasteiger partial charge in [-0.1, -0.05) is 12.2 Å². The highest BCUT2D eigenvalue weighted by atomic mass is 16.5. The zero-order valence-electron chi connectivity index (χ0n) is 9.90. The summed E-state index contributed by atoms with van der Waals surface area (Å²) >= 11 is 0. The number of methoxy groups -OCH3 is 1.